The molecular formula is C12H22N2S. The highest BCUT2D eigenvalue weighted by Crippen LogP contribution is 2.25. The SMILES string of the molecule is CN1CCSCC1C(N)C1=CCCCC1. The maximum atomic E-state index is 6.39. The summed E-state index contributed by atoms with van der Waals surface area (Å²) in [5, 5.41) is 0. The van der Waals surface area contributed by atoms with Crippen molar-refractivity contribution in [3.8, 4) is 0 Å². The van der Waals surface area contributed by atoms with Crippen LogP contribution in [0, 0.1) is 0 Å². The third-order valence-electron chi connectivity index (χ3n) is 3.61. The first-order chi connectivity index (χ1) is 7.29. The Balaban J connectivity index is 1.98. The normalized spacial score (nSPS) is 31.1. The predicted octanol–water partition coefficient (Wildman–Crippen LogP) is 1.86. The number of nitrogens with zero attached hydrogens (tertiary/aromatic N) is 1. The molecule has 1 aliphatic carbocycles. The van der Waals surface area contributed by atoms with Gasteiger partial charge in [0.05, 0.1) is 0 Å². The largest absolute Gasteiger partial charge is 0.323 e. The summed E-state index contributed by atoms with van der Waals surface area (Å²) in [7, 11) is 2.22. The molecule has 86 valence electrons. The second kappa shape index (κ2) is 5.37. The van der Waals surface area contributed by atoms with Gasteiger partial charge in [-0.15, -0.1) is 0 Å². The molecule has 1 saturated heterocycles. The second-order valence-electron chi connectivity index (χ2n) is 4.67. The van der Waals surface area contributed by atoms with Crippen molar-refractivity contribution < 1.29 is 0 Å². The molecule has 2 N–H and O–H groups in total. The Morgan fingerprint density at radius 3 is 3.07 bits per heavy atom. The number of nitrogens with two attached hydrogens (primary N) is 1. The van der Waals surface area contributed by atoms with Crippen molar-refractivity contribution in [2.24, 2.45) is 5.73 Å². The van der Waals surface area contributed by atoms with E-state index in [0.717, 1.165) is 0 Å². The Labute approximate surface area is 97.3 Å². The predicted molar refractivity (Wildman–Crippen MR) is 68.3 cm³/mol. The monoisotopic (exact) mass is 226 g/mol. The van der Waals surface area contributed by atoms with Crippen LogP contribution in [0.4, 0.5) is 0 Å². The van der Waals surface area contributed by atoms with E-state index in [-0.39, 0.29) is 6.04 Å². The van der Waals surface area contributed by atoms with Crippen LogP contribution in [0.2, 0.25) is 0 Å². The molecule has 0 saturated carbocycles. The maximum Gasteiger partial charge on any atom is 0.0420 e. The van der Waals surface area contributed by atoms with Crippen LogP contribution in [0.1, 0.15) is 25.7 Å². The molecule has 2 atom stereocenters. The Kier molecular flexibility index (Phi) is 4.12. The van der Waals surface area contributed by atoms with Gasteiger partial charge in [0.15, 0.2) is 0 Å². The van der Waals surface area contributed by atoms with E-state index in [2.05, 4.69) is 29.8 Å². The molecule has 0 radical (unpaired) electrons. The van der Waals surface area contributed by atoms with Crippen LogP contribution < -0.4 is 5.73 Å². The molecule has 2 unspecified atom stereocenters. The molecule has 15 heavy (non-hydrogen) atoms. The quantitative estimate of drug-likeness (QED) is 0.729. The topological polar surface area (TPSA) is 29.3 Å². The van der Waals surface area contributed by atoms with Gasteiger partial charge in [-0.1, -0.05) is 11.6 Å². The number of hydrogen-bond donors (Lipinski definition) is 1. The summed E-state index contributed by atoms with van der Waals surface area (Å²) in [6.45, 7) is 1.19. The van der Waals surface area contributed by atoms with Crippen LogP contribution in [0.15, 0.2) is 11.6 Å². The summed E-state index contributed by atoms with van der Waals surface area (Å²) in [6.07, 6.45) is 7.55. The fourth-order valence-electron chi connectivity index (χ4n) is 2.50. The first-order valence-electron chi connectivity index (χ1n) is 6.01. The van der Waals surface area contributed by atoms with Crippen molar-refractivity contribution in [1.29, 1.82) is 0 Å². The van der Waals surface area contributed by atoms with Gasteiger partial charge in [0, 0.05) is 30.1 Å². The molecule has 0 bridgehead atoms. The maximum absolute atomic E-state index is 6.39. The van der Waals surface area contributed by atoms with Gasteiger partial charge in [0.1, 0.15) is 0 Å². The van der Waals surface area contributed by atoms with E-state index in [1.807, 2.05) is 0 Å². The Morgan fingerprint density at radius 1 is 1.53 bits per heavy atom. The fourth-order valence-corrected chi connectivity index (χ4v) is 3.78. The van der Waals surface area contributed by atoms with Crippen molar-refractivity contribution in [3.05, 3.63) is 11.6 Å². The molecule has 2 rings (SSSR count). The fraction of sp³-hybridized carbons (Fsp3) is 0.833. The summed E-state index contributed by atoms with van der Waals surface area (Å²) in [5.74, 6) is 2.47. The van der Waals surface area contributed by atoms with Crippen molar-refractivity contribution >= 4 is 11.8 Å². The van der Waals surface area contributed by atoms with Gasteiger partial charge in [-0.2, -0.15) is 11.8 Å². The van der Waals surface area contributed by atoms with Crippen molar-refractivity contribution in [3.63, 3.8) is 0 Å². The first-order valence-corrected chi connectivity index (χ1v) is 7.17. The summed E-state index contributed by atoms with van der Waals surface area (Å²) < 4.78 is 0. The Bertz CT molecular complexity index is 240. The lowest BCUT2D eigenvalue weighted by atomic mass is 9.90. The zero-order valence-corrected chi connectivity index (χ0v) is 10.4. The van der Waals surface area contributed by atoms with Gasteiger partial charge in [-0.25, -0.2) is 0 Å². The summed E-state index contributed by atoms with van der Waals surface area (Å²) >= 11 is 2.05. The Morgan fingerprint density at radius 2 is 2.40 bits per heavy atom. The van der Waals surface area contributed by atoms with E-state index in [1.165, 1.54) is 49.3 Å². The molecule has 1 aliphatic heterocycles. The average Bonchev–Trinajstić information content (AvgIpc) is 2.30. The first kappa shape index (κ1) is 11.5. The van der Waals surface area contributed by atoms with Gasteiger partial charge in [-0.3, -0.25) is 4.90 Å². The van der Waals surface area contributed by atoms with Crippen LogP contribution >= 0.6 is 11.8 Å². The highest BCUT2D eigenvalue weighted by atomic mass is 32.2. The van der Waals surface area contributed by atoms with E-state index >= 15 is 0 Å². The molecule has 3 heteroatoms. The molecule has 0 aromatic rings. The lowest BCUT2D eigenvalue weighted by Gasteiger charge is -2.37. The van der Waals surface area contributed by atoms with E-state index in [4.69, 9.17) is 5.73 Å². The van der Waals surface area contributed by atoms with Crippen LogP contribution in [0.25, 0.3) is 0 Å². The molecule has 2 nitrogen and oxygen atoms in total. The molecule has 0 spiro atoms. The van der Waals surface area contributed by atoms with Gasteiger partial charge >= 0.3 is 0 Å². The minimum atomic E-state index is 0.281. The zero-order chi connectivity index (χ0) is 10.7. The van der Waals surface area contributed by atoms with Gasteiger partial charge in [-0.05, 0) is 32.7 Å². The summed E-state index contributed by atoms with van der Waals surface area (Å²) in [4.78, 5) is 2.44. The van der Waals surface area contributed by atoms with E-state index in [1.54, 1.807) is 0 Å². The Hall–Kier alpha value is 0.0100. The van der Waals surface area contributed by atoms with E-state index in [9.17, 15) is 0 Å². The second-order valence-corrected chi connectivity index (χ2v) is 5.82. The van der Waals surface area contributed by atoms with Gasteiger partial charge in [0.25, 0.3) is 0 Å². The summed E-state index contributed by atoms with van der Waals surface area (Å²) in [5.41, 5.74) is 7.90. The number of likely N-dealkylation sites (N-methyl/N-ethyl adjacent to an activating group) is 1. The van der Waals surface area contributed by atoms with Crippen LogP contribution in [0.5, 0.6) is 0 Å². The third kappa shape index (κ3) is 2.77. The standard InChI is InChI=1S/C12H22N2S/c1-14-7-8-15-9-11(14)12(13)10-5-3-2-4-6-10/h5,11-12H,2-4,6-9,13H2,1H3. The van der Waals surface area contributed by atoms with Gasteiger partial charge in [0.2, 0.25) is 0 Å². The summed E-state index contributed by atoms with van der Waals surface area (Å²) in [6, 6.07) is 0.844. The third-order valence-corrected chi connectivity index (χ3v) is 4.66. The number of rotatable bonds is 2. The molecule has 1 fully saturated rings. The number of allylic oxidation sites excluding steroid dienone is 1. The molecular weight excluding hydrogens is 204 g/mol. The molecule has 0 aromatic heterocycles. The highest BCUT2D eigenvalue weighted by molar-refractivity contribution is 7.99. The molecule has 2 aliphatic rings. The molecule has 1 heterocycles. The number of thioether (sulfide) groups is 1. The van der Waals surface area contributed by atoms with Crippen LogP contribution in [0.3, 0.4) is 0 Å². The number of hydrogen-bond acceptors (Lipinski definition) is 3. The van der Waals surface area contributed by atoms with Crippen molar-refractivity contribution in [2.45, 2.75) is 37.8 Å². The lowest BCUT2D eigenvalue weighted by Crippen LogP contribution is -2.51. The minimum absolute atomic E-state index is 0.281. The van der Waals surface area contributed by atoms with Crippen LogP contribution in [-0.4, -0.2) is 42.1 Å². The van der Waals surface area contributed by atoms with Gasteiger partial charge < -0.3 is 5.73 Å². The van der Waals surface area contributed by atoms with Crippen molar-refractivity contribution in [2.75, 3.05) is 25.1 Å². The molecule has 0 aromatic carbocycles. The van der Waals surface area contributed by atoms with Crippen LogP contribution in [-0.2, 0) is 0 Å². The average molecular weight is 226 g/mol. The minimum Gasteiger partial charge on any atom is -0.323 e. The molecule has 0 amide bonds. The smallest absolute Gasteiger partial charge is 0.0420 e. The zero-order valence-electron chi connectivity index (χ0n) is 9.61. The lowest BCUT2D eigenvalue weighted by molar-refractivity contribution is 0.246. The van der Waals surface area contributed by atoms with E-state index < -0.39 is 0 Å². The highest BCUT2D eigenvalue weighted by Gasteiger charge is 2.27. The van der Waals surface area contributed by atoms with Crippen molar-refractivity contribution in [1.82, 2.24) is 4.90 Å². The van der Waals surface area contributed by atoms with E-state index in [0.29, 0.717) is 6.04 Å².